The molecule has 120 valence electrons. The average Bonchev–Trinajstić information content (AvgIpc) is 2.93. The van der Waals surface area contributed by atoms with Crippen LogP contribution < -0.4 is 21.1 Å². The van der Waals surface area contributed by atoms with Crippen molar-refractivity contribution in [3.05, 3.63) is 18.2 Å². The van der Waals surface area contributed by atoms with Crippen molar-refractivity contribution < 1.29 is 9.84 Å². The first-order valence-electron chi connectivity index (χ1n) is 6.78. The van der Waals surface area contributed by atoms with Gasteiger partial charge in [-0.2, -0.15) is 15.0 Å². The van der Waals surface area contributed by atoms with Crippen molar-refractivity contribution >= 4 is 44.5 Å². The van der Waals surface area contributed by atoms with Crippen molar-refractivity contribution in [3.63, 3.8) is 0 Å². The van der Waals surface area contributed by atoms with Crippen LogP contribution in [0.5, 0.6) is 5.75 Å². The molecule has 1 aromatic carbocycles. The summed E-state index contributed by atoms with van der Waals surface area (Å²) in [6.45, 7) is 0.231. The number of nitrogens with one attached hydrogen (secondary N) is 2. The van der Waals surface area contributed by atoms with Gasteiger partial charge in [-0.25, -0.2) is 4.98 Å². The van der Waals surface area contributed by atoms with Gasteiger partial charge in [0.15, 0.2) is 5.13 Å². The number of nitrogen functional groups attached to an aromatic ring is 1. The molecule has 0 saturated heterocycles. The molecule has 3 aromatic rings. The second-order valence-electron chi connectivity index (χ2n) is 4.44. The third-order valence-corrected chi connectivity index (χ3v) is 3.75. The Bertz CT molecular complexity index is 823. The molecule has 0 radical (unpaired) electrons. The smallest absolute Gasteiger partial charge is 0.235 e. The average molecular weight is 333 g/mol. The highest BCUT2D eigenvalue weighted by atomic mass is 32.1. The normalized spacial score (nSPS) is 10.7. The lowest BCUT2D eigenvalue weighted by atomic mass is 10.3. The SMILES string of the molecule is CNc1nc(N)nc(Nc2nc3ccc(OCCO)cc3s2)n1. The summed E-state index contributed by atoms with van der Waals surface area (Å²) >= 11 is 1.43. The standard InChI is InChI=1S/C13H15N7O2S/c1-15-11-17-10(14)18-12(19-11)20-13-16-8-3-2-7(22-5-4-21)6-9(8)23-13/h2-3,6,21H,4-5H2,1H3,(H4,14,15,16,17,18,19,20). The molecule has 0 saturated carbocycles. The number of nitrogens with zero attached hydrogens (tertiary/aromatic N) is 4. The van der Waals surface area contributed by atoms with E-state index in [4.69, 9.17) is 15.6 Å². The topological polar surface area (TPSA) is 131 Å². The minimum atomic E-state index is -0.0257. The van der Waals surface area contributed by atoms with Crippen molar-refractivity contribution in [2.45, 2.75) is 0 Å². The van der Waals surface area contributed by atoms with E-state index in [2.05, 4.69) is 30.6 Å². The maximum Gasteiger partial charge on any atom is 0.235 e. The van der Waals surface area contributed by atoms with Crippen LogP contribution in [0.15, 0.2) is 18.2 Å². The second kappa shape index (κ2) is 6.58. The molecule has 0 atom stereocenters. The van der Waals surface area contributed by atoms with E-state index in [1.165, 1.54) is 11.3 Å². The summed E-state index contributed by atoms with van der Waals surface area (Å²) < 4.78 is 6.33. The molecule has 10 heteroatoms. The fraction of sp³-hybridized carbons (Fsp3) is 0.231. The molecule has 0 bridgehead atoms. The number of rotatable bonds is 6. The monoisotopic (exact) mass is 333 g/mol. The first-order chi connectivity index (χ1) is 11.2. The number of fused-ring (bicyclic) bond motifs is 1. The number of nitrogens with two attached hydrogens (primary N) is 1. The molecule has 0 aliphatic rings. The summed E-state index contributed by atoms with van der Waals surface area (Å²) in [6.07, 6.45) is 0. The van der Waals surface area contributed by atoms with E-state index in [-0.39, 0.29) is 19.2 Å². The van der Waals surface area contributed by atoms with Gasteiger partial charge in [0.1, 0.15) is 12.4 Å². The number of ether oxygens (including phenoxy) is 1. The lowest BCUT2D eigenvalue weighted by molar-refractivity contribution is 0.201. The molecule has 5 N–H and O–H groups in total. The van der Waals surface area contributed by atoms with E-state index in [0.29, 0.717) is 22.8 Å². The van der Waals surface area contributed by atoms with Crippen molar-refractivity contribution in [2.75, 3.05) is 36.6 Å². The summed E-state index contributed by atoms with van der Waals surface area (Å²) in [6, 6.07) is 5.53. The van der Waals surface area contributed by atoms with Crippen LogP contribution in [0.4, 0.5) is 23.0 Å². The molecule has 0 amide bonds. The Morgan fingerprint density at radius 2 is 2.04 bits per heavy atom. The molecule has 2 aromatic heterocycles. The van der Waals surface area contributed by atoms with E-state index in [1.807, 2.05) is 18.2 Å². The zero-order valence-electron chi connectivity index (χ0n) is 12.3. The highest BCUT2D eigenvalue weighted by molar-refractivity contribution is 7.22. The number of benzene rings is 1. The minimum Gasteiger partial charge on any atom is -0.491 e. The maximum atomic E-state index is 8.80. The van der Waals surface area contributed by atoms with Gasteiger partial charge in [0.25, 0.3) is 0 Å². The lowest BCUT2D eigenvalue weighted by Gasteiger charge is -2.03. The highest BCUT2D eigenvalue weighted by Crippen LogP contribution is 2.30. The van der Waals surface area contributed by atoms with Crippen LogP contribution in [0, 0.1) is 0 Å². The van der Waals surface area contributed by atoms with Crippen LogP contribution in [-0.4, -0.2) is 45.3 Å². The summed E-state index contributed by atoms with van der Waals surface area (Å²) in [5.74, 6) is 1.50. The van der Waals surface area contributed by atoms with E-state index in [1.54, 1.807) is 7.05 Å². The van der Waals surface area contributed by atoms with Crippen LogP contribution in [0.1, 0.15) is 0 Å². The molecule has 0 fully saturated rings. The van der Waals surface area contributed by atoms with Gasteiger partial charge >= 0.3 is 0 Å². The summed E-state index contributed by atoms with van der Waals surface area (Å²) in [4.78, 5) is 16.6. The third-order valence-electron chi connectivity index (χ3n) is 2.81. The first kappa shape index (κ1) is 15.2. The molecular formula is C13H15N7O2S. The molecule has 23 heavy (non-hydrogen) atoms. The van der Waals surface area contributed by atoms with Crippen LogP contribution >= 0.6 is 11.3 Å². The Kier molecular flexibility index (Phi) is 4.35. The van der Waals surface area contributed by atoms with E-state index >= 15 is 0 Å². The van der Waals surface area contributed by atoms with E-state index in [0.717, 1.165) is 10.2 Å². The number of thiazole rings is 1. The number of aromatic nitrogens is 4. The quantitative estimate of drug-likeness (QED) is 0.525. The molecule has 0 aliphatic carbocycles. The molecule has 3 rings (SSSR count). The number of hydrogen-bond donors (Lipinski definition) is 4. The van der Waals surface area contributed by atoms with Gasteiger partial charge in [0, 0.05) is 7.05 Å². The predicted octanol–water partition coefficient (Wildman–Crippen LogP) is 1.22. The van der Waals surface area contributed by atoms with Crippen LogP contribution in [-0.2, 0) is 0 Å². The third kappa shape index (κ3) is 3.55. The summed E-state index contributed by atoms with van der Waals surface area (Å²) in [7, 11) is 1.70. The van der Waals surface area contributed by atoms with Gasteiger partial charge in [0.05, 0.1) is 16.8 Å². The van der Waals surface area contributed by atoms with Gasteiger partial charge in [-0.1, -0.05) is 11.3 Å². The van der Waals surface area contributed by atoms with Crippen molar-refractivity contribution in [2.24, 2.45) is 0 Å². The number of aliphatic hydroxyl groups excluding tert-OH is 1. The Balaban J connectivity index is 1.84. The maximum absolute atomic E-state index is 8.80. The number of anilines is 4. The van der Waals surface area contributed by atoms with E-state index < -0.39 is 0 Å². The number of hydrogen-bond acceptors (Lipinski definition) is 10. The molecule has 0 spiro atoms. The summed E-state index contributed by atoms with van der Waals surface area (Å²) in [5.41, 5.74) is 6.46. The fourth-order valence-corrected chi connectivity index (χ4v) is 2.76. The highest BCUT2D eigenvalue weighted by Gasteiger charge is 2.09. The van der Waals surface area contributed by atoms with Gasteiger partial charge < -0.3 is 20.9 Å². The predicted molar refractivity (Wildman–Crippen MR) is 89.3 cm³/mol. The van der Waals surface area contributed by atoms with Crippen molar-refractivity contribution in [3.8, 4) is 5.75 Å². The van der Waals surface area contributed by atoms with Gasteiger partial charge in [0.2, 0.25) is 17.8 Å². The Labute approximate surface area is 135 Å². The first-order valence-corrected chi connectivity index (χ1v) is 7.60. The van der Waals surface area contributed by atoms with E-state index in [9.17, 15) is 0 Å². The lowest BCUT2D eigenvalue weighted by Crippen LogP contribution is -2.06. The Morgan fingerprint density at radius 1 is 1.22 bits per heavy atom. The second-order valence-corrected chi connectivity index (χ2v) is 5.47. The Morgan fingerprint density at radius 3 is 2.83 bits per heavy atom. The van der Waals surface area contributed by atoms with Gasteiger partial charge in [-0.3, -0.25) is 5.32 Å². The largest absolute Gasteiger partial charge is 0.491 e. The molecule has 9 nitrogen and oxygen atoms in total. The Hall–Kier alpha value is -2.72. The summed E-state index contributed by atoms with van der Waals surface area (Å²) in [5, 5.41) is 15.3. The van der Waals surface area contributed by atoms with Crippen LogP contribution in [0.25, 0.3) is 10.2 Å². The van der Waals surface area contributed by atoms with Gasteiger partial charge in [-0.05, 0) is 18.2 Å². The molecular weight excluding hydrogens is 318 g/mol. The minimum absolute atomic E-state index is 0.0257. The number of aliphatic hydroxyl groups is 1. The van der Waals surface area contributed by atoms with Gasteiger partial charge in [-0.15, -0.1) is 0 Å². The molecule has 0 aliphatic heterocycles. The fourth-order valence-electron chi connectivity index (χ4n) is 1.87. The van der Waals surface area contributed by atoms with Crippen molar-refractivity contribution in [1.29, 1.82) is 0 Å². The zero-order valence-corrected chi connectivity index (χ0v) is 13.1. The molecule has 2 heterocycles. The van der Waals surface area contributed by atoms with Crippen LogP contribution in [0.3, 0.4) is 0 Å². The van der Waals surface area contributed by atoms with Crippen LogP contribution in [0.2, 0.25) is 0 Å². The molecule has 0 unspecified atom stereocenters. The van der Waals surface area contributed by atoms with Crippen molar-refractivity contribution in [1.82, 2.24) is 19.9 Å². The zero-order chi connectivity index (χ0) is 16.2.